The Kier molecular flexibility index (Phi) is 4.40. The molecule has 0 aliphatic heterocycles. The van der Waals surface area contributed by atoms with Crippen molar-refractivity contribution >= 4 is 21.5 Å². The van der Waals surface area contributed by atoms with Crippen LogP contribution in [0.2, 0.25) is 0 Å². The molecule has 0 aliphatic rings. The lowest BCUT2D eigenvalue weighted by atomic mass is 10.2. The standard InChI is InChI=1S/C14H14N4O2S/c1-2-16-14-9-13(7-8-17-14)21(19,20)18-12-5-3-11(10-15)4-6-12/h3-9,18H,2H2,1H3,(H,16,17). The van der Waals surface area contributed by atoms with Crippen LogP contribution in [0.3, 0.4) is 0 Å². The molecule has 0 atom stereocenters. The Hall–Kier alpha value is -2.59. The number of hydrogen-bond acceptors (Lipinski definition) is 5. The third-order valence-electron chi connectivity index (χ3n) is 2.67. The summed E-state index contributed by atoms with van der Waals surface area (Å²) in [5.74, 6) is 0.500. The van der Waals surface area contributed by atoms with Crippen LogP contribution in [0.1, 0.15) is 12.5 Å². The highest BCUT2D eigenvalue weighted by Gasteiger charge is 2.15. The van der Waals surface area contributed by atoms with Gasteiger partial charge in [0.25, 0.3) is 10.0 Å². The predicted octanol–water partition coefficient (Wildman–Crippen LogP) is 2.19. The van der Waals surface area contributed by atoms with Crippen molar-refractivity contribution in [3.05, 3.63) is 48.2 Å². The molecule has 6 nitrogen and oxygen atoms in total. The molecule has 0 saturated heterocycles. The normalized spacial score (nSPS) is 10.7. The van der Waals surface area contributed by atoms with E-state index in [-0.39, 0.29) is 4.90 Å². The van der Waals surface area contributed by atoms with Crippen LogP contribution in [-0.4, -0.2) is 19.9 Å². The summed E-state index contributed by atoms with van der Waals surface area (Å²) in [4.78, 5) is 4.16. The molecule has 0 bridgehead atoms. The lowest BCUT2D eigenvalue weighted by molar-refractivity contribution is 0.601. The summed E-state index contributed by atoms with van der Waals surface area (Å²) in [7, 11) is -3.69. The number of nitriles is 1. The molecule has 2 rings (SSSR count). The third-order valence-corrected chi connectivity index (χ3v) is 4.04. The highest BCUT2D eigenvalue weighted by atomic mass is 32.2. The zero-order valence-corrected chi connectivity index (χ0v) is 12.2. The molecule has 0 spiro atoms. The Morgan fingerprint density at radius 1 is 1.24 bits per heavy atom. The second kappa shape index (κ2) is 6.24. The minimum absolute atomic E-state index is 0.123. The van der Waals surface area contributed by atoms with Crippen molar-refractivity contribution in [2.24, 2.45) is 0 Å². The monoisotopic (exact) mass is 302 g/mol. The van der Waals surface area contributed by atoms with Gasteiger partial charge < -0.3 is 5.32 Å². The summed E-state index contributed by atoms with van der Waals surface area (Å²) < 4.78 is 27.0. The van der Waals surface area contributed by atoms with Crippen molar-refractivity contribution in [1.82, 2.24) is 4.98 Å². The molecule has 0 radical (unpaired) electrons. The molecule has 1 aromatic carbocycles. The number of nitrogens with one attached hydrogen (secondary N) is 2. The summed E-state index contributed by atoms with van der Waals surface area (Å²) in [6, 6.07) is 11.1. The van der Waals surface area contributed by atoms with E-state index in [4.69, 9.17) is 5.26 Å². The van der Waals surface area contributed by atoms with Crippen molar-refractivity contribution < 1.29 is 8.42 Å². The van der Waals surface area contributed by atoms with E-state index in [1.807, 2.05) is 13.0 Å². The summed E-state index contributed by atoms with van der Waals surface area (Å²) in [6.45, 7) is 2.55. The summed E-state index contributed by atoms with van der Waals surface area (Å²) in [6.07, 6.45) is 1.44. The molecular weight excluding hydrogens is 288 g/mol. The first kappa shape index (κ1) is 14.8. The summed E-state index contributed by atoms with van der Waals surface area (Å²) in [5, 5.41) is 11.7. The minimum Gasteiger partial charge on any atom is -0.370 e. The first-order valence-corrected chi connectivity index (χ1v) is 7.76. The second-order valence-corrected chi connectivity index (χ2v) is 5.88. The smallest absolute Gasteiger partial charge is 0.262 e. The van der Waals surface area contributed by atoms with Gasteiger partial charge >= 0.3 is 0 Å². The van der Waals surface area contributed by atoms with Gasteiger partial charge in [-0.05, 0) is 37.3 Å². The Labute approximate surface area is 123 Å². The Bertz CT molecular complexity index is 764. The van der Waals surface area contributed by atoms with Gasteiger partial charge in [0.2, 0.25) is 0 Å². The molecule has 7 heteroatoms. The van der Waals surface area contributed by atoms with Crippen LogP contribution in [0.25, 0.3) is 0 Å². The van der Waals surface area contributed by atoms with Gasteiger partial charge in [-0.2, -0.15) is 5.26 Å². The topological polar surface area (TPSA) is 94.9 Å². The zero-order valence-electron chi connectivity index (χ0n) is 11.4. The molecule has 1 heterocycles. The molecule has 108 valence electrons. The molecule has 0 fully saturated rings. The molecule has 0 unspecified atom stereocenters. The fourth-order valence-corrected chi connectivity index (χ4v) is 2.75. The molecule has 0 aliphatic carbocycles. The van der Waals surface area contributed by atoms with Gasteiger partial charge in [0, 0.05) is 24.5 Å². The van der Waals surface area contributed by atoms with Gasteiger partial charge in [0.05, 0.1) is 16.5 Å². The average Bonchev–Trinajstić information content (AvgIpc) is 2.48. The van der Waals surface area contributed by atoms with Crippen LogP contribution < -0.4 is 10.0 Å². The number of nitrogens with zero attached hydrogens (tertiary/aromatic N) is 2. The van der Waals surface area contributed by atoms with Crippen LogP contribution in [0.5, 0.6) is 0 Å². The van der Waals surface area contributed by atoms with Crippen molar-refractivity contribution in [3.8, 4) is 6.07 Å². The molecule has 1 aromatic heterocycles. The largest absolute Gasteiger partial charge is 0.370 e. The van der Waals surface area contributed by atoms with Crippen LogP contribution in [0.4, 0.5) is 11.5 Å². The number of benzene rings is 1. The maximum absolute atomic E-state index is 12.3. The molecular formula is C14H14N4O2S. The number of pyridine rings is 1. The maximum atomic E-state index is 12.3. The highest BCUT2D eigenvalue weighted by Crippen LogP contribution is 2.18. The zero-order chi connectivity index (χ0) is 15.3. The van der Waals surface area contributed by atoms with E-state index in [0.717, 1.165) is 0 Å². The lowest BCUT2D eigenvalue weighted by Crippen LogP contribution is -2.13. The van der Waals surface area contributed by atoms with Gasteiger partial charge in [0.1, 0.15) is 5.82 Å². The second-order valence-electron chi connectivity index (χ2n) is 4.20. The van der Waals surface area contributed by atoms with E-state index < -0.39 is 10.0 Å². The Morgan fingerprint density at radius 3 is 2.57 bits per heavy atom. The van der Waals surface area contributed by atoms with E-state index >= 15 is 0 Å². The van der Waals surface area contributed by atoms with E-state index in [1.54, 1.807) is 24.3 Å². The summed E-state index contributed by atoms with van der Waals surface area (Å²) >= 11 is 0. The summed E-state index contributed by atoms with van der Waals surface area (Å²) in [5.41, 5.74) is 0.868. The van der Waals surface area contributed by atoms with Gasteiger partial charge in [-0.25, -0.2) is 13.4 Å². The SMILES string of the molecule is CCNc1cc(S(=O)(=O)Nc2ccc(C#N)cc2)ccn1. The number of anilines is 2. The van der Waals surface area contributed by atoms with Gasteiger partial charge in [-0.3, -0.25) is 4.72 Å². The lowest BCUT2D eigenvalue weighted by Gasteiger charge is -2.09. The van der Waals surface area contributed by atoms with Crippen molar-refractivity contribution in [1.29, 1.82) is 5.26 Å². The van der Waals surface area contributed by atoms with Gasteiger partial charge in [-0.15, -0.1) is 0 Å². The maximum Gasteiger partial charge on any atom is 0.262 e. The Morgan fingerprint density at radius 2 is 1.95 bits per heavy atom. The first-order valence-electron chi connectivity index (χ1n) is 6.28. The Balaban J connectivity index is 2.25. The minimum atomic E-state index is -3.69. The van der Waals surface area contributed by atoms with Gasteiger partial charge in [0.15, 0.2) is 0 Å². The van der Waals surface area contributed by atoms with Crippen LogP contribution in [0.15, 0.2) is 47.5 Å². The fraction of sp³-hybridized carbons (Fsp3) is 0.143. The van der Waals surface area contributed by atoms with Crippen molar-refractivity contribution in [2.45, 2.75) is 11.8 Å². The van der Waals surface area contributed by atoms with Crippen molar-refractivity contribution in [2.75, 3.05) is 16.6 Å². The highest BCUT2D eigenvalue weighted by molar-refractivity contribution is 7.92. The first-order chi connectivity index (χ1) is 10.0. The molecule has 0 amide bonds. The number of aromatic nitrogens is 1. The fourth-order valence-electron chi connectivity index (χ4n) is 1.68. The molecule has 21 heavy (non-hydrogen) atoms. The van der Waals surface area contributed by atoms with Gasteiger partial charge in [-0.1, -0.05) is 0 Å². The van der Waals surface area contributed by atoms with Crippen LogP contribution in [0, 0.1) is 11.3 Å². The average molecular weight is 302 g/mol. The predicted molar refractivity (Wildman–Crippen MR) is 80.4 cm³/mol. The molecule has 2 N–H and O–H groups in total. The quantitative estimate of drug-likeness (QED) is 0.882. The molecule has 0 saturated carbocycles. The van der Waals surface area contributed by atoms with Crippen LogP contribution in [-0.2, 0) is 10.0 Å². The van der Waals surface area contributed by atoms with E-state index in [0.29, 0.717) is 23.6 Å². The molecule has 2 aromatic rings. The van der Waals surface area contributed by atoms with E-state index in [1.165, 1.54) is 18.3 Å². The number of sulfonamides is 1. The number of hydrogen-bond donors (Lipinski definition) is 2. The van der Waals surface area contributed by atoms with Crippen LogP contribution >= 0.6 is 0 Å². The number of rotatable bonds is 5. The van der Waals surface area contributed by atoms with Crippen molar-refractivity contribution in [3.63, 3.8) is 0 Å². The van der Waals surface area contributed by atoms with E-state index in [2.05, 4.69) is 15.0 Å². The van der Waals surface area contributed by atoms with E-state index in [9.17, 15) is 8.42 Å². The third kappa shape index (κ3) is 3.70.